The highest BCUT2D eigenvalue weighted by Gasteiger charge is 2.29. The Balaban J connectivity index is 1.67. The Morgan fingerprint density at radius 2 is 1.11 bits per heavy atom. The van der Waals surface area contributed by atoms with Crippen LogP contribution in [0.15, 0.2) is 91.0 Å². The molecule has 0 fully saturated rings. The van der Waals surface area contributed by atoms with Gasteiger partial charge < -0.3 is 19.9 Å². The van der Waals surface area contributed by atoms with Crippen LogP contribution in [-0.2, 0) is 34.0 Å². The fourth-order valence-corrected chi connectivity index (χ4v) is 4.32. The molecule has 0 spiro atoms. The average Bonchev–Trinajstić information content (AvgIpc) is 2.93. The van der Waals surface area contributed by atoms with Gasteiger partial charge in [-0.05, 0) is 23.1 Å². The molecule has 0 saturated carbocycles. The standard InChI is InChI=1S/C32H43NO3/c1-2-3-4-5-15-22-31(35-24-28-18-11-7-12-19-28)32(36-25-29-20-13-8-14-21-29)30(33)26-34-23-27-16-9-6-10-17-27/h6-14,16-21,30-32H,2-5,15,22-26,33H2,1H3/t30-,31+,32-/m0/s1. The minimum absolute atomic E-state index is 0.106. The van der Waals surface area contributed by atoms with Crippen molar-refractivity contribution >= 4 is 0 Å². The minimum Gasteiger partial charge on any atom is -0.375 e. The number of nitrogens with two attached hydrogens (primary N) is 1. The van der Waals surface area contributed by atoms with Gasteiger partial charge in [-0.1, -0.05) is 130 Å². The molecule has 3 rings (SSSR count). The maximum atomic E-state index is 6.74. The van der Waals surface area contributed by atoms with E-state index in [9.17, 15) is 0 Å². The molecular formula is C32H43NO3. The van der Waals surface area contributed by atoms with Crippen LogP contribution < -0.4 is 5.73 Å². The molecular weight excluding hydrogens is 446 g/mol. The third-order valence-electron chi connectivity index (χ3n) is 6.39. The van der Waals surface area contributed by atoms with Crippen molar-refractivity contribution in [3.63, 3.8) is 0 Å². The Morgan fingerprint density at radius 1 is 0.611 bits per heavy atom. The van der Waals surface area contributed by atoms with Crippen molar-refractivity contribution < 1.29 is 14.2 Å². The smallest absolute Gasteiger partial charge is 0.101 e. The number of hydrogen-bond donors (Lipinski definition) is 1. The number of ether oxygens (including phenoxy) is 3. The first-order valence-electron chi connectivity index (χ1n) is 13.4. The normalized spacial score (nSPS) is 13.8. The maximum Gasteiger partial charge on any atom is 0.101 e. The Kier molecular flexibility index (Phi) is 13.3. The summed E-state index contributed by atoms with van der Waals surface area (Å²) in [6, 6.07) is 30.5. The monoisotopic (exact) mass is 489 g/mol. The molecule has 0 aliphatic heterocycles. The summed E-state index contributed by atoms with van der Waals surface area (Å²) >= 11 is 0. The molecule has 36 heavy (non-hydrogen) atoms. The van der Waals surface area contributed by atoms with Gasteiger partial charge in [0.15, 0.2) is 0 Å². The molecule has 0 radical (unpaired) electrons. The van der Waals surface area contributed by atoms with Gasteiger partial charge in [-0.3, -0.25) is 0 Å². The lowest BCUT2D eigenvalue weighted by molar-refractivity contribution is -0.108. The van der Waals surface area contributed by atoms with Crippen LogP contribution in [0.5, 0.6) is 0 Å². The summed E-state index contributed by atoms with van der Waals surface area (Å²) in [4.78, 5) is 0. The first-order chi connectivity index (χ1) is 17.8. The van der Waals surface area contributed by atoms with E-state index < -0.39 is 0 Å². The largest absolute Gasteiger partial charge is 0.375 e. The second kappa shape index (κ2) is 17.0. The van der Waals surface area contributed by atoms with Crippen LogP contribution in [-0.4, -0.2) is 24.9 Å². The van der Waals surface area contributed by atoms with Crippen molar-refractivity contribution in [3.05, 3.63) is 108 Å². The zero-order valence-corrected chi connectivity index (χ0v) is 21.8. The molecule has 0 aromatic heterocycles. The quantitative estimate of drug-likeness (QED) is 0.194. The summed E-state index contributed by atoms with van der Waals surface area (Å²) in [5.41, 5.74) is 10.2. The lowest BCUT2D eigenvalue weighted by Gasteiger charge is -2.32. The highest BCUT2D eigenvalue weighted by Crippen LogP contribution is 2.20. The molecule has 2 N–H and O–H groups in total. The van der Waals surface area contributed by atoms with Crippen molar-refractivity contribution in [3.8, 4) is 0 Å². The van der Waals surface area contributed by atoms with Crippen molar-refractivity contribution in [2.24, 2.45) is 5.73 Å². The van der Waals surface area contributed by atoms with Gasteiger partial charge in [-0.25, -0.2) is 0 Å². The topological polar surface area (TPSA) is 53.7 Å². The van der Waals surface area contributed by atoms with Crippen LogP contribution in [0.3, 0.4) is 0 Å². The zero-order valence-electron chi connectivity index (χ0n) is 21.8. The average molecular weight is 490 g/mol. The fraction of sp³-hybridized carbons (Fsp3) is 0.438. The minimum atomic E-state index is -0.297. The summed E-state index contributed by atoms with van der Waals surface area (Å²) in [5, 5.41) is 0. The predicted octanol–water partition coefficient (Wildman–Crippen LogP) is 7.06. The molecule has 0 bridgehead atoms. The Labute approximate surface area is 217 Å². The van der Waals surface area contributed by atoms with Gasteiger partial charge in [0, 0.05) is 0 Å². The van der Waals surface area contributed by atoms with Crippen LogP contribution in [0.4, 0.5) is 0 Å². The van der Waals surface area contributed by atoms with E-state index in [1.165, 1.54) is 25.7 Å². The Morgan fingerprint density at radius 3 is 1.67 bits per heavy atom. The first kappa shape index (κ1) is 28.1. The summed E-state index contributed by atoms with van der Waals surface area (Å²) in [6.07, 6.45) is 6.61. The highest BCUT2D eigenvalue weighted by atomic mass is 16.5. The van der Waals surface area contributed by atoms with E-state index in [-0.39, 0.29) is 18.2 Å². The summed E-state index contributed by atoms with van der Waals surface area (Å²) in [7, 11) is 0. The first-order valence-corrected chi connectivity index (χ1v) is 13.4. The highest BCUT2D eigenvalue weighted by molar-refractivity contribution is 5.15. The van der Waals surface area contributed by atoms with E-state index in [1.807, 2.05) is 54.6 Å². The molecule has 4 heteroatoms. The van der Waals surface area contributed by atoms with Gasteiger partial charge >= 0.3 is 0 Å². The summed E-state index contributed by atoms with van der Waals surface area (Å²) < 4.78 is 19.0. The van der Waals surface area contributed by atoms with Crippen molar-refractivity contribution in [2.45, 2.75) is 83.5 Å². The van der Waals surface area contributed by atoms with Crippen LogP contribution in [0.2, 0.25) is 0 Å². The number of rotatable bonds is 18. The van der Waals surface area contributed by atoms with Gasteiger partial charge in [-0.2, -0.15) is 0 Å². The molecule has 3 atom stereocenters. The lowest BCUT2D eigenvalue weighted by Crippen LogP contribution is -2.48. The van der Waals surface area contributed by atoms with Crippen LogP contribution in [0.1, 0.15) is 62.1 Å². The van der Waals surface area contributed by atoms with Gasteiger partial charge in [0.25, 0.3) is 0 Å². The number of hydrogen-bond acceptors (Lipinski definition) is 4. The van der Waals surface area contributed by atoms with Crippen LogP contribution in [0.25, 0.3) is 0 Å². The molecule has 4 nitrogen and oxygen atoms in total. The molecule has 3 aromatic carbocycles. The van der Waals surface area contributed by atoms with Gasteiger partial charge in [0.1, 0.15) is 6.10 Å². The summed E-state index contributed by atoms with van der Waals surface area (Å²) in [5.74, 6) is 0. The molecule has 0 aliphatic rings. The summed E-state index contributed by atoms with van der Waals surface area (Å²) in [6.45, 7) is 4.23. The third-order valence-corrected chi connectivity index (χ3v) is 6.39. The van der Waals surface area contributed by atoms with Crippen LogP contribution >= 0.6 is 0 Å². The van der Waals surface area contributed by atoms with E-state index in [0.717, 1.165) is 29.5 Å². The molecule has 0 aliphatic carbocycles. The number of unbranched alkanes of at least 4 members (excludes halogenated alkanes) is 4. The van der Waals surface area contributed by atoms with Gasteiger partial charge in [0.05, 0.1) is 38.6 Å². The second-order valence-corrected chi connectivity index (χ2v) is 9.46. The number of benzene rings is 3. The zero-order chi connectivity index (χ0) is 25.3. The van der Waals surface area contributed by atoms with E-state index in [1.54, 1.807) is 0 Å². The van der Waals surface area contributed by atoms with Crippen molar-refractivity contribution in [1.29, 1.82) is 0 Å². The predicted molar refractivity (Wildman–Crippen MR) is 147 cm³/mol. The van der Waals surface area contributed by atoms with Crippen molar-refractivity contribution in [2.75, 3.05) is 6.61 Å². The fourth-order valence-electron chi connectivity index (χ4n) is 4.32. The van der Waals surface area contributed by atoms with E-state index in [4.69, 9.17) is 19.9 Å². The molecule has 3 aromatic rings. The third kappa shape index (κ3) is 10.6. The van der Waals surface area contributed by atoms with Crippen molar-refractivity contribution in [1.82, 2.24) is 0 Å². The van der Waals surface area contributed by atoms with E-state index in [0.29, 0.717) is 26.4 Å². The SMILES string of the molecule is CCCCCCC[C@@H](OCc1ccccc1)[C@@H](OCc1ccccc1)[C@@H](N)COCc1ccccc1. The second-order valence-electron chi connectivity index (χ2n) is 9.46. The molecule has 0 amide bonds. The van der Waals surface area contributed by atoms with E-state index in [2.05, 4.69) is 43.3 Å². The Hall–Kier alpha value is -2.50. The molecule has 0 unspecified atom stereocenters. The van der Waals surface area contributed by atoms with Gasteiger partial charge in [-0.15, -0.1) is 0 Å². The maximum absolute atomic E-state index is 6.74. The lowest BCUT2D eigenvalue weighted by atomic mass is 9.99. The van der Waals surface area contributed by atoms with E-state index >= 15 is 0 Å². The molecule has 0 saturated heterocycles. The molecule has 194 valence electrons. The molecule has 0 heterocycles. The van der Waals surface area contributed by atoms with Gasteiger partial charge in [0.2, 0.25) is 0 Å². The van der Waals surface area contributed by atoms with Crippen LogP contribution in [0, 0.1) is 0 Å². The Bertz CT molecular complexity index is 920.